The lowest BCUT2D eigenvalue weighted by Crippen LogP contribution is -2.65. The van der Waals surface area contributed by atoms with E-state index in [-0.39, 0.29) is 23.2 Å². The number of ketones is 1. The van der Waals surface area contributed by atoms with Crippen molar-refractivity contribution in [2.45, 2.75) is 82.8 Å². The maximum absolute atomic E-state index is 12.3. The molecule has 6 saturated carbocycles. The number of carbonyl (C=O) groups is 1. The van der Waals surface area contributed by atoms with Gasteiger partial charge in [0, 0.05) is 24.9 Å². The third-order valence-corrected chi connectivity index (χ3v) is 11.4. The Morgan fingerprint density at radius 3 is 2.50 bits per heavy atom. The van der Waals surface area contributed by atoms with Crippen LogP contribution in [0.25, 0.3) is 0 Å². The predicted octanol–water partition coefficient (Wildman–Crippen LogP) is 2.93. The molecule has 3 N–H and O–H groups in total. The highest BCUT2D eigenvalue weighted by atomic mass is 16.3. The summed E-state index contributed by atoms with van der Waals surface area (Å²) in [5.41, 5.74) is -1.57. The van der Waals surface area contributed by atoms with Gasteiger partial charge in [-0.1, -0.05) is 13.8 Å². The smallest absolute Gasteiger partial charge is 0.135 e. The van der Waals surface area contributed by atoms with Gasteiger partial charge in [-0.05, 0) is 91.8 Å². The van der Waals surface area contributed by atoms with Gasteiger partial charge in [0.15, 0.2) is 0 Å². The van der Waals surface area contributed by atoms with Gasteiger partial charge in [-0.15, -0.1) is 0 Å². The van der Waals surface area contributed by atoms with Crippen LogP contribution in [0.15, 0.2) is 0 Å². The van der Waals surface area contributed by atoms with Crippen molar-refractivity contribution in [1.82, 2.24) is 0 Å². The van der Waals surface area contributed by atoms with Crippen LogP contribution in [0.2, 0.25) is 0 Å². The van der Waals surface area contributed by atoms with Crippen LogP contribution in [0.1, 0.15) is 71.6 Å². The number of hydrogen-bond acceptors (Lipinski definition) is 4. The van der Waals surface area contributed by atoms with Gasteiger partial charge in [0.05, 0.1) is 11.2 Å². The van der Waals surface area contributed by atoms with Crippen molar-refractivity contribution in [2.24, 2.45) is 52.3 Å². The van der Waals surface area contributed by atoms with Crippen LogP contribution in [0.3, 0.4) is 0 Å². The lowest BCUT2D eigenvalue weighted by atomic mass is 9.42. The third-order valence-electron chi connectivity index (χ3n) is 11.4. The first-order valence-electron chi connectivity index (χ1n) is 11.8. The Labute approximate surface area is 168 Å². The van der Waals surface area contributed by atoms with Gasteiger partial charge in [-0.25, -0.2) is 0 Å². The normalized spacial score (nSPS) is 63.6. The van der Waals surface area contributed by atoms with E-state index in [1.165, 1.54) is 0 Å². The summed E-state index contributed by atoms with van der Waals surface area (Å²) in [6.07, 6.45) is 7.64. The van der Waals surface area contributed by atoms with Crippen molar-refractivity contribution in [3.63, 3.8) is 0 Å². The minimum absolute atomic E-state index is 0.0413. The molecule has 0 bridgehead atoms. The number of aliphatic hydroxyl groups excluding tert-OH is 1. The number of Topliss-reactive ketones (excluding diaryl/α,β-unsaturated/α-hetero) is 1. The molecular weight excluding hydrogens is 352 g/mol. The summed E-state index contributed by atoms with van der Waals surface area (Å²) in [4.78, 5) is 12.3. The number of rotatable bonds is 3. The zero-order chi connectivity index (χ0) is 19.7. The first-order chi connectivity index (χ1) is 13.2. The first kappa shape index (κ1) is 18.3. The topological polar surface area (TPSA) is 77.8 Å². The van der Waals surface area contributed by atoms with Crippen LogP contribution in [0.5, 0.6) is 0 Å². The zero-order valence-electron chi connectivity index (χ0n) is 17.4. The van der Waals surface area contributed by atoms with Crippen LogP contribution < -0.4 is 0 Å². The van der Waals surface area contributed by atoms with Gasteiger partial charge in [0.2, 0.25) is 0 Å². The van der Waals surface area contributed by atoms with E-state index in [9.17, 15) is 20.1 Å². The van der Waals surface area contributed by atoms with E-state index in [0.717, 1.165) is 38.5 Å². The predicted molar refractivity (Wildman–Crippen MR) is 104 cm³/mol. The first-order valence-corrected chi connectivity index (χ1v) is 11.8. The molecule has 0 aliphatic heterocycles. The van der Waals surface area contributed by atoms with E-state index in [4.69, 9.17) is 0 Å². The standard InChI is InChI=1S/C24H36O4/c1-21-7-4-13(26)12-24(21,28)17-10-14(17)19-16(21)5-8-22(2)20(19)15-11-18(15)23(22,27)6-3-9-25/h14-20,25,27-28H,3-12H2,1-2H3/t14-,15?,16?,17+,18-,19?,20?,21+,22-,23-,24+/m0/s1. The molecule has 0 amide bonds. The van der Waals surface area contributed by atoms with Crippen LogP contribution >= 0.6 is 0 Å². The molecule has 0 saturated heterocycles. The minimum atomic E-state index is -0.781. The molecule has 6 rings (SSSR count). The maximum Gasteiger partial charge on any atom is 0.135 e. The Hall–Kier alpha value is -0.450. The molecule has 0 aromatic carbocycles. The van der Waals surface area contributed by atoms with Crippen molar-refractivity contribution in [3.8, 4) is 0 Å². The molecule has 0 heterocycles. The fourth-order valence-electron chi connectivity index (χ4n) is 9.92. The van der Waals surface area contributed by atoms with Crippen molar-refractivity contribution >= 4 is 5.78 Å². The fraction of sp³-hybridized carbons (Fsp3) is 0.958. The molecule has 28 heavy (non-hydrogen) atoms. The molecule has 4 nitrogen and oxygen atoms in total. The molecule has 0 aromatic rings. The minimum Gasteiger partial charge on any atom is -0.396 e. The number of fused-ring (bicyclic) bond motifs is 10. The number of carbonyl (C=O) groups excluding carboxylic acids is 1. The average Bonchev–Trinajstić information content (AvgIpc) is 3.54. The van der Waals surface area contributed by atoms with E-state index in [2.05, 4.69) is 13.8 Å². The van der Waals surface area contributed by atoms with E-state index >= 15 is 0 Å². The molecule has 11 atom stereocenters. The van der Waals surface area contributed by atoms with Crippen LogP contribution in [-0.2, 0) is 4.79 Å². The molecule has 6 aliphatic rings. The number of aliphatic hydroxyl groups is 3. The quantitative estimate of drug-likeness (QED) is 0.695. The summed E-state index contributed by atoms with van der Waals surface area (Å²) in [6.45, 7) is 4.81. The summed E-state index contributed by atoms with van der Waals surface area (Å²) in [7, 11) is 0. The van der Waals surface area contributed by atoms with E-state index in [1.54, 1.807) is 0 Å². The summed E-state index contributed by atoms with van der Waals surface area (Å²) in [6, 6.07) is 0. The third kappa shape index (κ3) is 1.84. The zero-order valence-corrected chi connectivity index (χ0v) is 17.4. The highest BCUT2D eigenvalue weighted by Gasteiger charge is 2.81. The Morgan fingerprint density at radius 1 is 1.00 bits per heavy atom. The van der Waals surface area contributed by atoms with Gasteiger partial charge >= 0.3 is 0 Å². The second-order valence-corrected chi connectivity index (χ2v) is 12.0. The van der Waals surface area contributed by atoms with Gasteiger partial charge in [0.25, 0.3) is 0 Å². The van der Waals surface area contributed by atoms with Gasteiger partial charge in [-0.2, -0.15) is 0 Å². The lowest BCUT2D eigenvalue weighted by Gasteiger charge is -2.64. The molecule has 4 heteroatoms. The van der Waals surface area contributed by atoms with Crippen molar-refractivity contribution in [3.05, 3.63) is 0 Å². The van der Waals surface area contributed by atoms with Crippen molar-refractivity contribution in [2.75, 3.05) is 6.61 Å². The Balaban J connectivity index is 1.39. The molecule has 6 fully saturated rings. The maximum atomic E-state index is 12.3. The second kappa shape index (κ2) is 5.23. The number of hydrogen-bond donors (Lipinski definition) is 3. The highest BCUT2D eigenvalue weighted by molar-refractivity contribution is 5.81. The van der Waals surface area contributed by atoms with Crippen molar-refractivity contribution in [1.29, 1.82) is 0 Å². The van der Waals surface area contributed by atoms with E-state index in [1.807, 2.05) is 0 Å². The van der Waals surface area contributed by atoms with Gasteiger partial charge in [0.1, 0.15) is 5.78 Å². The van der Waals surface area contributed by atoms with Crippen LogP contribution in [0.4, 0.5) is 0 Å². The Bertz CT molecular complexity index is 736. The molecule has 0 aromatic heterocycles. The highest BCUT2D eigenvalue weighted by Crippen LogP contribution is 2.81. The van der Waals surface area contributed by atoms with Gasteiger partial charge in [-0.3, -0.25) is 4.79 Å². The van der Waals surface area contributed by atoms with Gasteiger partial charge < -0.3 is 15.3 Å². The lowest BCUT2D eigenvalue weighted by molar-refractivity contribution is -0.223. The molecule has 4 unspecified atom stereocenters. The van der Waals surface area contributed by atoms with E-state index < -0.39 is 11.2 Å². The molecule has 156 valence electrons. The summed E-state index contributed by atoms with van der Waals surface area (Å²) in [5, 5.41) is 33.0. The fourth-order valence-corrected chi connectivity index (χ4v) is 9.92. The van der Waals surface area contributed by atoms with Crippen molar-refractivity contribution < 1.29 is 20.1 Å². The average molecular weight is 389 g/mol. The largest absolute Gasteiger partial charge is 0.396 e. The SMILES string of the molecule is C[C@]12CCC3C(C1C1C[C@@H]1[C@@]2(O)CCCO)[C@H]1C[C@H]1[C@]1(O)CC(=O)CC[C@]31C. The second-order valence-electron chi connectivity index (χ2n) is 12.0. The summed E-state index contributed by atoms with van der Waals surface area (Å²) >= 11 is 0. The summed E-state index contributed by atoms with van der Waals surface area (Å²) in [5.74, 6) is 3.84. The van der Waals surface area contributed by atoms with E-state index in [0.29, 0.717) is 60.7 Å². The van der Waals surface area contributed by atoms with Crippen LogP contribution in [-0.4, -0.2) is 38.9 Å². The Kier molecular flexibility index (Phi) is 3.43. The Morgan fingerprint density at radius 2 is 1.75 bits per heavy atom. The summed E-state index contributed by atoms with van der Waals surface area (Å²) < 4.78 is 0. The molecule has 6 aliphatic carbocycles. The molecule has 0 spiro atoms. The monoisotopic (exact) mass is 388 g/mol. The molecular formula is C24H36O4. The molecule has 0 radical (unpaired) electrons. The van der Waals surface area contributed by atoms with Crippen LogP contribution in [0, 0.1) is 52.3 Å².